The molecule has 0 aliphatic heterocycles. The molecule has 0 saturated carbocycles. The van der Waals surface area contributed by atoms with Crippen LogP contribution in [0.1, 0.15) is 12.7 Å². The van der Waals surface area contributed by atoms with E-state index in [-0.39, 0.29) is 0 Å². The van der Waals surface area contributed by atoms with Gasteiger partial charge in [0, 0.05) is 15.9 Å². The van der Waals surface area contributed by atoms with Gasteiger partial charge in [-0.15, -0.1) is 0 Å². The Balaban J connectivity index is 2.42. The van der Waals surface area contributed by atoms with Crippen molar-refractivity contribution in [1.29, 1.82) is 0 Å². The number of hydrogen-bond donors (Lipinski definition) is 1. The zero-order valence-corrected chi connectivity index (χ0v) is 7.31. The minimum absolute atomic E-state index is 0.542. The van der Waals surface area contributed by atoms with Gasteiger partial charge >= 0.3 is 0 Å². The summed E-state index contributed by atoms with van der Waals surface area (Å²) < 4.78 is 5.13. The van der Waals surface area contributed by atoms with Gasteiger partial charge in [0.05, 0.1) is 12.7 Å². The number of rotatable bonds is 3. The van der Waals surface area contributed by atoms with Crippen LogP contribution < -0.4 is 5.32 Å². The van der Waals surface area contributed by atoms with Crippen LogP contribution in [0.2, 0.25) is 0 Å². The number of nitrogens with zero attached hydrogens (tertiary/aromatic N) is 1. The summed E-state index contributed by atoms with van der Waals surface area (Å²) in [6, 6.07) is 0. The van der Waals surface area contributed by atoms with Crippen molar-refractivity contribution in [3.05, 3.63) is 16.8 Å². The van der Waals surface area contributed by atoms with Gasteiger partial charge in [-0.1, -0.05) is 6.92 Å². The van der Waals surface area contributed by atoms with Gasteiger partial charge in [0.15, 0.2) is 0 Å². The maximum Gasteiger partial charge on any atom is 0.264 e. The molecule has 0 unspecified atom stereocenters. The largest absolute Gasteiger partial charge is 0.435 e. The normalized spacial score (nSPS) is 10.2. The summed E-state index contributed by atoms with van der Waals surface area (Å²) in [5, 5.41) is 3.12. The van der Waals surface area contributed by atoms with Gasteiger partial charge < -0.3 is 9.73 Å². The monoisotopic (exact) mass is 204 g/mol. The minimum atomic E-state index is 0.542. The van der Waals surface area contributed by atoms with Crippen LogP contribution in [0.15, 0.2) is 15.4 Å². The molecule has 0 spiro atoms. The van der Waals surface area contributed by atoms with E-state index >= 15 is 0 Å². The van der Waals surface area contributed by atoms with Gasteiger partial charge in [0.25, 0.3) is 4.80 Å². The molecule has 3 nitrogen and oxygen atoms in total. The number of oxazole rings is 1. The lowest BCUT2D eigenvalue weighted by Gasteiger charge is -1.93. The van der Waals surface area contributed by atoms with Crippen molar-refractivity contribution in [2.45, 2.75) is 13.5 Å². The van der Waals surface area contributed by atoms with Gasteiger partial charge in [0.1, 0.15) is 5.76 Å². The van der Waals surface area contributed by atoms with Crippen LogP contribution in [-0.2, 0) is 6.54 Å². The topological polar surface area (TPSA) is 38.1 Å². The van der Waals surface area contributed by atoms with Crippen molar-refractivity contribution in [3.63, 3.8) is 0 Å². The smallest absolute Gasteiger partial charge is 0.264 e. The summed E-state index contributed by atoms with van der Waals surface area (Å²) in [6.07, 6.45) is 1.70. The predicted molar refractivity (Wildman–Crippen MR) is 41.6 cm³/mol. The molecule has 0 aliphatic rings. The highest BCUT2D eigenvalue weighted by molar-refractivity contribution is 9.10. The molecule has 4 heteroatoms. The van der Waals surface area contributed by atoms with Crippen LogP contribution in [0.25, 0.3) is 0 Å². The van der Waals surface area contributed by atoms with Crippen LogP contribution in [0.4, 0.5) is 0 Å². The molecule has 10 heavy (non-hydrogen) atoms. The maximum absolute atomic E-state index is 5.13. The van der Waals surface area contributed by atoms with Crippen LogP contribution in [0.3, 0.4) is 0 Å². The summed E-state index contributed by atoms with van der Waals surface area (Å²) in [5.74, 6) is 0.855. The van der Waals surface area contributed by atoms with Crippen LogP contribution in [-0.4, -0.2) is 11.5 Å². The fourth-order valence-corrected chi connectivity index (χ4v) is 0.924. The van der Waals surface area contributed by atoms with Gasteiger partial charge in [-0.05, 0) is 6.54 Å². The quantitative estimate of drug-likeness (QED) is 0.813. The molecule has 1 aromatic rings. The summed E-state index contributed by atoms with van der Waals surface area (Å²) in [7, 11) is 0. The van der Waals surface area contributed by atoms with Gasteiger partial charge in [-0.25, -0.2) is 4.98 Å². The molecule has 0 radical (unpaired) electrons. The van der Waals surface area contributed by atoms with E-state index in [0.29, 0.717) is 4.80 Å². The number of halogens is 1. The Bertz CT molecular complexity index is 199. The third-order valence-corrected chi connectivity index (χ3v) is 1.44. The summed E-state index contributed by atoms with van der Waals surface area (Å²) in [5.41, 5.74) is 0. The summed E-state index contributed by atoms with van der Waals surface area (Å²) >= 11 is 3.12. The second-order valence-electron chi connectivity index (χ2n) is 1.86. The minimum Gasteiger partial charge on any atom is -0.435 e. The highest BCUT2D eigenvalue weighted by Crippen LogP contribution is 2.08. The van der Waals surface area contributed by atoms with Gasteiger partial charge in [-0.3, -0.25) is 0 Å². The average Bonchev–Trinajstić information content (AvgIpc) is 2.31. The molecule has 0 saturated heterocycles. The van der Waals surface area contributed by atoms with Gasteiger partial charge in [0.2, 0.25) is 0 Å². The van der Waals surface area contributed by atoms with Crippen molar-refractivity contribution >= 4 is 15.9 Å². The Morgan fingerprint density at radius 2 is 2.60 bits per heavy atom. The van der Waals surface area contributed by atoms with Crippen molar-refractivity contribution in [1.82, 2.24) is 10.3 Å². The number of aromatic nitrogens is 1. The van der Waals surface area contributed by atoms with E-state index < -0.39 is 0 Å². The molecule has 0 aliphatic carbocycles. The van der Waals surface area contributed by atoms with Crippen LogP contribution >= 0.6 is 15.9 Å². The number of hydrogen-bond acceptors (Lipinski definition) is 3. The lowest BCUT2D eigenvalue weighted by molar-refractivity contribution is 0.462. The Hall–Kier alpha value is -0.350. The lowest BCUT2D eigenvalue weighted by Crippen LogP contribution is -2.10. The Morgan fingerprint density at radius 1 is 1.80 bits per heavy atom. The second-order valence-corrected chi connectivity index (χ2v) is 2.54. The molecule has 1 aromatic heterocycles. The fourth-order valence-electron chi connectivity index (χ4n) is 0.614. The van der Waals surface area contributed by atoms with E-state index in [1.165, 1.54) is 0 Å². The zero-order chi connectivity index (χ0) is 7.40. The number of nitrogens with one attached hydrogen (secondary N) is 1. The van der Waals surface area contributed by atoms with E-state index in [0.717, 1.165) is 18.8 Å². The molecular weight excluding hydrogens is 196 g/mol. The molecular formula is C6H9BrN2O. The first-order valence-corrected chi connectivity index (χ1v) is 3.93. The third kappa shape index (κ3) is 2.11. The molecule has 1 N–H and O–H groups in total. The molecule has 0 aromatic carbocycles. The van der Waals surface area contributed by atoms with Crippen LogP contribution in [0, 0.1) is 0 Å². The zero-order valence-electron chi connectivity index (χ0n) is 5.72. The highest BCUT2D eigenvalue weighted by Gasteiger charge is 1.97. The maximum atomic E-state index is 5.13. The highest BCUT2D eigenvalue weighted by atomic mass is 79.9. The SMILES string of the molecule is CCNCc1cnc(Br)o1. The Labute approximate surface area is 68.0 Å². The molecule has 0 atom stereocenters. The standard InChI is InChI=1S/C6H9BrN2O/c1-2-8-3-5-4-9-6(7)10-5/h4,8H,2-3H2,1H3. The lowest BCUT2D eigenvalue weighted by atomic mass is 10.5. The van der Waals surface area contributed by atoms with Crippen molar-refractivity contribution in [2.24, 2.45) is 0 Å². The molecule has 56 valence electrons. The first kappa shape index (κ1) is 7.75. The third-order valence-electron chi connectivity index (χ3n) is 1.07. The van der Waals surface area contributed by atoms with Gasteiger partial charge in [-0.2, -0.15) is 0 Å². The Morgan fingerprint density at radius 3 is 3.10 bits per heavy atom. The molecule has 0 amide bonds. The fraction of sp³-hybridized carbons (Fsp3) is 0.500. The first-order chi connectivity index (χ1) is 4.83. The second kappa shape index (κ2) is 3.73. The molecule has 1 rings (SSSR count). The Kier molecular flexibility index (Phi) is 2.89. The molecule has 0 bridgehead atoms. The van der Waals surface area contributed by atoms with Crippen LogP contribution in [0.5, 0.6) is 0 Å². The van der Waals surface area contributed by atoms with Crippen molar-refractivity contribution in [2.75, 3.05) is 6.54 Å². The van der Waals surface area contributed by atoms with E-state index in [9.17, 15) is 0 Å². The van der Waals surface area contributed by atoms with E-state index in [4.69, 9.17) is 4.42 Å². The summed E-state index contributed by atoms with van der Waals surface area (Å²) in [4.78, 5) is 4.42. The van der Waals surface area contributed by atoms with Crippen molar-refractivity contribution < 1.29 is 4.42 Å². The first-order valence-electron chi connectivity index (χ1n) is 3.14. The summed E-state index contributed by atoms with van der Waals surface area (Å²) in [6.45, 7) is 3.73. The molecule has 0 fully saturated rings. The van der Waals surface area contributed by atoms with E-state index in [2.05, 4.69) is 26.2 Å². The van der Waals surface area contributed by atoms with E-state index in [1.807, 2.05) is 6.92 Å². The average molecular weight is 205 g/mol. The molecule has 1 heterocycles. The predicted octanol–water partition coefficient (Wildman–Crippen LogP) is 1.55. The van der Waals surface area contributed by atoms with Crippen molar-refractivity contribution in [3.8, 4) is 0 Å². The van der Waals surface area contributed by atoms with E-state index in [1.54, 1.807) is 6.20 Å².